The molecule has 10 aromatic rings. The Balaban J connectivity index is 0.000000162. The maximum Gasteiger partial charge on any atom is 0.229 e. The number of hydrogen-bond acceptors (Lipinski definition) is 12. The van der Waals surface area contributed by atoms with E-state index < -0.39 is 0 Å². The lowest BCUT2D eigenvalue weighted by Gasteiger charge is -2.11. The molecule has 0 amide bonds. The Kier molecular flexibility index (Phi) is 13.1. The number of anilines is 6. The zero-order valence-electron chi connectivity index (χ0n) is 34.2. The maximum atomic E-state index is 4.61. The largest absolute Gasteiger partial charge is 0.363 e. The minimum Gasteiger partial charge on any atom is -0.363 e. The molecule has 3 aromatic carbocycles. The van der Waals surface area contributed by atoms with E-state index in [1.54, 1.807) is 31.0 Å². The van der Waals surface area contributed by atoms with Gasteiger partial charge in [0.1, 0.15) is 11.6 Å². The molecule has 0 saturated heterocycles. The van der Waals surface area contributed by atoms with Gasteiger partial charge in [-0.3, -0.25) is 19.6 Å². The number of nitrogens with one attached hydrogen (secondary N) is 4. The number of hydrogen-bond donors (Lipinski definition) is 4. The second-order valence-corrected chi connectivity index (χ2v) is 16.2. The van der Waals surface area contributed by atoms with Crippen molar-refractivity contribution in [3.63, 3.8) is 0 Å². The molecule has 0 spiro atoms. The molecular weight excluding hydrogens is 932 g/mol. The molecule has 4 N–H and O–H groups in total. The van der Waals surface area contributed by atoms with Gasteiger partial charge in [0.2, 0.25) is 11.9 Å². The highest BCUT2D eigenvalue weighted by Crippen LogP contribution is 2.27. The lowest BCUT2D eigenvalue weighted by molar-refractivity contribution is 0.696. The quantitative estimate of drug-likeness (QED) is 0.0818. The molecule has 64 heavy (non-hydrogen) atoms. The van der Waals surface area contributed by atoms with Gasteiger partial charge >= 0.3 is 0 Å². The minimum atomic E-state index is 0.497. The van der Waals surface area contributed by atoms with E-state index in [1.807, 2.05) is 89.7 Å². The van der Waals surface area contributed by atoms with Crippen LogP contribution in [-0.4, -0.2) is 49.2 Å². The summed E-state index contributed by atoms with van der Waals surface area (Å²) in [4.78, 5) is 31.0. The maximum absolute atomic E-state index is 4.61. The Labute approximate surface area is 385 Å². The monoisotopic (exact) mass is 970 g/mol. The van der Waals surface area contributed by atoms with E-state index >= 15 is 0 Å². The van der Waals surface area contributed by atoms with Crippen molar-refractivity contribution >= 4 is 88.6 Å². The molecule has 7 aromatic heterocycles. The Bertz CT molecular complexity index is 2880. The summed E-state index contributed by atoms with van der Waals surface area (Å²) in [7, 11) is 0. The van der Waals surface area contributed by atoms with Crippen molar-refractivity contribution in [2.75, 3.05) is 21.3 Å². The first-order valence-corrected chi connectivity index (χ1v) is 21.9. The second kappa shape index (κ2) is 20.1. The Morgan fingerprint density at radius 1 is 0.484 bits per heavy atom. The predicted molar refractivity (Wildman–Crippen MR) is 260 cm³/mol. The van der Waals surface area contributed by atoms with Crippen LogP contribution in [0.15, 0.2) is 180 Å². The van der Waals surface area contributed by atoms with Gasteiger partial charge < -0.3 is 25.8 Å². The van der Waals surface area contributed by atoms with Crippen molar-refractivity contribution < 1.29 is 0 Å². The lowest BCUT2D eigenvalue weighted by atomic mass is 10.2. The summed E-state index contributed by atoms with van der Waals surface area (Å²) in [6.07, 6.45) is 12.8. The summed E-state index contributed by atoms with van der Waals surface area (Å²) in [6, 6.07) is 42.5. The van der Waals surface area contributed by atoms with Gasteiger partial charge in [0.25, 0.3) is 0 Å². The fraction of sp³-hybridized carbons (Fsp3) is 0.0833. The predicted octanol–water partition coefficient (Wildman–Crippen LogP) is 10.8. The molecule has 10 rings (SSSR count). The molecule has 0 bridgehead atoms. The summed E-state index contributed by atoms with van der Waals surface area (Å²) < 4.78 is 5.78. The van der Waals surface area contributed by atoms with Crippen LogP contribution in [0.25, 0.3) is 21.8 Å². The zero-order valence-corrected chi connectivity index (χ0v) is 37.4. The topological polar surface area (TPSA) is 161 Å². The van der Waals surface area contributed by atoms with E-state index in [9.17, 15) is 0 Å². The molecule has 0 radical (unpaired) electrons. The Hall–Kier alpha value is -7.56. The summed E-state index contributed by atoms with van der Waals surface area (Å²) in [5, 5.41) is 19.9. The third-order valence-corrected chi connectivity index (χ3v) is 11.1. The molecular formula is C48H40Br2N14. The van der Waals surface area contributed by atoms with Crippen LogP contribution in [0.2, 0.25) is 0 Å². The van der Waals surface area contributed by atoms with E-state index in [0.29, 0.717) is 43.2 Å². The number of benzene rings is 3. The van der Waals surface area contributed by atoms with Crippen LogP contribution in [-0.2, 0) is 26.2 Å². The van der Waals surface area contributed by atoms with Gasteiger partial charge in [-0.15, -0.1) is 0 Å². The van der Waals surface area contributed by atoms with E-state index in [0.717, 1.165) is 60.2 Å². The van der Waals surface area contributed by atoms with E-state index in [2.05, 4.69) is 152 Å². The SMILES string of the molecule is Brc1cnc(Nc2ccc3c(ccn3Cc3ccccc3)c2)nc1NCc1ccccn1.Brc1cnc(Nc2ccc3c(cnn3Cc3ccccn3)c2)nc1NCc1ccccn1. The third kappa shape index (κ3) is 10.7. The van der Waals surface area contributed by atoms with Crippen LogP contribution in [0.5, 0.6) is 0 Å². The van der Waals surface area contributed by atoms with Gasteiger partial charge in [-0.05, 0) is 116 Å². The van der Waals surface area contributed by atoms with Gasteiger partial charge in [-0.25, -0.2) is 9.97 Å². The minimum absolute atomic E-state index is 0.497. The fourth-order valence-corrected chi connectivity index (χ4v) is 7.51. The zero-order chi connectivity index (χ0) is 43.5. The first-order chi connectivity index (χ1) is 31.5. The molecule has 0 aliphatic heterocycles. The van der Waals surface area contributed by atoms with Crippen LogP contribution in [0.3, 0.4) is 0 Å². The van der Waals surface area contributed by atoms with Crippen molar-refractivity contribution in [1.29, 1.82) is 0 Å². The van der Waals surface area contributed by atoms with E-state index in [4.69, 9.17) is 0 Å². The summed E-state index contributed by atoms with van der Waals surface area (Å²) in [5.74, 6) is 2.43. The van der Waals surface area contributed by atoms with Crippen LogP contribution < -0.4 is 21.3 Å². The average molecular weight is 973 g/mol. The smallest absolute Gasteiger partial charge is 0.229 e. The lowest BCUT2D eigenvalue weighted by Crippen LogP contribution is -2.06. The van der Waals surface area contributed by atoms with Crippen molar-refractivity contribution in [3.05, 3.63) is 202 Å². The van der Waals surface area contributed by atoms with Gasteiger partial charge in [-0.1, -0.05) is 48.5 Å². The Morgan fingerprint density at radius 2 is 1.03 bits per heavy atom. The Morgan fingerprint density at radius 3 is 1.61 bits per heavy atom. The molecule has 0 aliphatic carbocycles. The molecule has 0 fully saturated rings. The number of rotatable bonds is 14. The molecule has 16 heteroatoms. The normalized spacial score (nSPS) is 10.9. The summed E-state index contributed by atoms with van der Waals surface area (Å²) >= 11 is 7.01. The van der Waals surface area contributed by atoms with Gasteiger partial charge in [-0.2, -0.15) is 15.1 Å². The van der Waals surface area contributed by atoms with Crippen LogP contribution >= 0.6 is 31.9 Å². The number of aromatic nitrogens is 10. The highest BCUT2D eigenvalue weighted by molar-refractivity contribution is 9.11. The second-order valence-electron chi connectivity index (χ2n) is 14.5. The van der Waals surface area contributed by atoms with Crippen molar-refractivity contribution in [2.45, 2.75) is 26.2 Å². The highest BCUT2D eigenvalue weighted by Gasteiger charge is 2.11. The molecule has 14 nitrogen and oxygen atoms in total. The first kappa shape index (κ1) is 41.8. The molecule has 7 heterocycles. The number of pyridine rings is 3. The van der Waals surface area contributed by atoms with Crippen LogP contribution in [0, 0.1) is 0 Å². The molecule has 0 atom stereocenters. The van der Waals surface area contributed by atoms with Gasteiger partial charge in [0, 0.05) is 71.4 Å². The highest BCUT2D eigenvalue weighted by atomic mass is 79.9. The van der Waals surface area contributed by atoms with Crippen molar-refractivity contribution in [2.24, 2.45) is 0 Å². The third-order valence-electron chi connectivity index (χ3n) is 9.97. The molecule has 0 aliphatic rings. The van der Waals surface area contributed by atoms with E-state index in [-0.39, 0.29) is 0 Å². The van der Waals surface area contributed by atoms with Crippen molar-refractivity contribution in [3.8, 4) is 0 Å². The van der Waals surface area contributed by atoms with Gasteiger partial charge in [0.15, 0.2) is 0 Å². The number of fused-ring (bicyclic) bond motifs is 2. The van der Waals surface area contributed by atoms with E-state index in [1.165, 1.54) is 11.1 Å². The molecule has 0 saturated carbocycles. The van der Waals surface area contributed by atoms with Crippen molar-refractivity contribution in [1.82, 2.24) is 49.2 Å². The first-order valence-electron chi connectivity index (χ1n) is 20.3. The number of nitrogens with zero attached hydrogens (tertiary/aromatic N) is 10. The standard InChI is InChI=1S/C25H21BrN6.C23H19BrN8/c26-22-16-29-25(31-24(22)28-15-21-8-4-5-12-27-21)30-20-9-10-23-19(14-20)11-13-32(23)17-18-6-2-1-3-7-18;24-20-14-28-23(31-22(20)27-13-18-5-1-3-9-25-18)30-17-7-8-21-16(11-17)12-29-32(21)15-19-6-2-4-10-26-19/h1-14,16H,15,17H2,(H2,28,29,30,31);1-12,14H,13,15H2,(H2,27,28,30,31). The molecule has 0 unspecified atom stereocenters. The fourth-order valence-electron chi connectivity index (χ4n) is 6.85. The van der Waals surface area contributed by atoms with Crippen LogP contribution in [0.4, 0.5) is 34.9 Å². The number of halogens is 2. The summed E-state index contributed by atoms with van der Waals surface area (Å²) in [6.45, 7) is 2.62. The summed E-state index contributed by atoms with van der Waals surface area (Å²) in [5.41, 5.74) is 8.17. The van der Waals surface area contributed by atoms with Crippen LogP contribution in [0.1, 0.15) is 22.6 Å². The van der Waals surface area contributed by atoms with Gasteiger partial charge in [0.05, 0.1) is 57.4 Å². The average Bonchev–Trinajstić information content (AvgIpc) is 3.93. The molecule has 316 valence electrons.